The number of carbonyl (C=O) groups is 2. The Morgan fingerprint density at radius 2 is 1.69 bits per heavy atom. The highest BCUT2D eigenvalue weighted by atomic mass is 32.2. The van der Waals surface area contributed by atoms with Crippen LogP contribution in [-0.4, -0.2) is 36.0 Å². The van der Waals surface area contributed by atoms with Crippen LogP contribution in [0.5, 0.6) is 17.2 Å². The third-order valence-electron chi connectivity index (χ3n) is 5.80. The molecule has 1 aliphatic rings. The van der Waals surface area contributed by atoms with Crippen molar-refractivity contribution in [3.63, 3.8) is 0 Å². The van der Waals surface area contributed by atoms with Gasteiger partial charge in [0.25, 0.3) is 11.8 Å². The average molecular weight is 563 g/mol. The van der Waals surface area contributed by atoms with Crippen LogP contribution in [0.3, 0.4) is 0 Å². The fraction of sp³-hybridized carbons (Fsp3) is 0.233. The zero-order chi connectivity index (χ0) is 27.8. The summed E-state index contributed by atoms with van der Waals surface area (Å²) in [6.07, 6.45) is 2.58. The summed E-state index contributed by atoms with van der Waals surface area (Å²) >= 11 is 6.74. The lowest BCUT2D eigenvalue weighted by molar-refractivity contribution is -0.118. The van der Waals surface area contributed by atoms with Gasteiger partial charge >= 0.3 is 0 Å². The standard InChI is InChI=1S/C30H30N2O5S2/c1-4-21-9-7-8-10-24(21)31-28(33)19-37-25-16-11-20(17-26(25)36-6-3)18-27-29(34)32(30(38)39-27)22-12-14-23(15-13-22)35-5-2/h7-18H,4-6,19H2,1-3H3,(H,31,33)/b27-18-. The Labute approximate surface area is 238 Å². The van der Waals surface area contributed by atoms with Crippen LogP contribution in [0.15, 0.2) is 71.6 Å². The zero-order valence-electron chi connectivity index (χ0n) is 22.1. The van der Waals surface area contributed by atoms with Gasteiger partial charge in [-0.25, -0.2) is 0 Å². The van der Waals surface area contributed by atoms with E-state index in [2.05, 4.69) is 5.32 Å². The summed E-state index contributed by atoms with van der Waals surface area (Å²) in [5, 5.41) is 2.90. The number of aryl methyl sites for hydroxylation is 1. The number of nitrogens with one attached hydrogen (secondary N) is 1. The second kappa shape index (κ2) is 13.3. The molecule has 39 heavy (non-hydrogen) atoms. The van der Waals surface area contributed by atoms with Gasteiger partial charge in [0.05, 0.1) is 23.8 Å². The normalized spacial score (nSPS) is 14.0. The van der Waals surface area contributed by atoms with E-state index >= 15 is 0 Å². The third kappa shape index (κ3) is 6.99. The van der Waals surface area contributed by atoms with Gasteiger partial charge in [0.15, 0.2) is 22.4 Å². The zero-order valence-corrected chi connectivity index (χ0v) is 23.7. The number of ether oxygens (including phenoxy) is 3. The highest BCUT2D eigenvalue weighted by Gasteiger charge is 2.33. The number of carbonyl (C=O) groups excluding carboxylic acids is 2. The molecular weight excluding hydrogens is 532 g/mol. The van der Waals surface area contributed by atoms with E-state index in [4.69, 9.17) is 26.4 Å². The van der Waals surface area contributed by atoms with Crippen LogP contribution < -0.4 is 24.4 Å². The molecule has 0 spiro atoms. The molecular formula is C30H30N2O5S2. The quantitative estimate of drug-likeness (QED) is 0.212. The van der Waals surface area contributed by atoms with E-state index in [1.165, 1.54) is 16.7 Å². The average Bonchev–Trinajstić information content (AvgIpc) is 3.21. The molecule has 0 bridgehead atoms. The fourth-order valence-corrected chi connectivity index (χ4v) is 5.28. The molecule has 3 aromatic carbocycles. The Kier molecular flexibility index (Phi) is 9.62. The second-order valence-corrected chi connectivity index (χ2v) is 10.1. The van der Waals surface area contributed by atoms with Crippen molar-refractivity contribution < 1.29 is 23.8 Å². The van der Waals surface area contributed by atoms with E-state index in [0.717, 1.165) is 29.0 Å². The number of nitrogens with zero attached hydrogens (tertiary/aromatic N) is 1. The van der Waals surface area contributed by atoms with E-state index in [1.54, 1.807) is 18.2 Å². The molecule has 0 aromatic heterocycles. The fourth-order valence-electron chi connectivity index (χ4n) is 3.98. The Balaban J connectivity index is 1.46. The molecule has 0 atom stereocenters. The predicted molar refractivity (Wildman–Crippen MR) is 161 cm³/mol. The summed E-state index contributed by atoms with van der Waals surface area (Å²) in [7, 11) is 0. The summed E-state index contributed by atoms with van der Waals surface area (Å²) in [5.74, 6) is 1.19. The predicted octanol–water partition coefficient (Wildman–Crippen LogP) is 6.47. The highest BCUT2D eigenvalue weighted by Crippen LogP contribution is 2.37. The van der Waals surface area contributed by atoms with Crippen LogP contribution in [0, 0.1) is 0 Å². The maximum atomic E-state index is 13.2. The lowest BCUT2D eigenvalue weighted by Crippen LogP contribution is -2.27. The number of thiocarbonyl (C=S) groups is 1. The first kappa shape index (κ1) is 28.2. The monoisotopic (exact) mass is 562 g/mol. The van der Waals surface area contributed by atoms with Crippen molar-refractivity contribution in [3.8, 4) is 17.2 Å². The van der Waals surface area contributed by atoms with Gasteiger partial charge in [-0.05, 0) is 79.9 Å². The van der Waals surface area contributed by atoms with Gasteiger partial charge in [0.2, 0.25) is 0 Å². The molecule has 3 aromatic rings. The molecule has 2 amide bonds. The van der Waals surface area contributed by atoms with Gasteiger partial charge in [-0.3, -0.25) is 14.5 Å². The number of amides is 2. The third-order valence-corrected chi connectivity index (χ3v) is 7.10. The van der Waals surface area contributed by atoms with Crippen molar-refractivity contribution in [2.45, 2.75) is 27.2 Å². The molecule has 1 N–H and O–H groups in total. The van der Waals surface area contributed by atoms with E-state index in [9.17, 15) is 9.59 Å². The molecule has 1 heterocycles. The molecule has 0 saturated carbocycles. The van der Waals surface area contributed by atoms with E-state index in [0.29, 0.717) is 39.6 Å². The van der Waals surface area contributed by atoms with E-state index in [-0.39, 0.29) is 18.4 Å². The molecule has 0 unspecified atom stereocenters. The minimum absolute atomic E-state index is 0.168. The Morgan fingerprint density at radius 1 is 0.949 bits per heavy atom. The molecule has 0 aliphatic carbocycles. The lowest BCUT2D eigenvalue weighted by Gasteiger charge is -2.15. The first-order chi connectivity index (χ1) is 18.9. The van der Waals surface area contributed by atoms with E-state index in [1.807, 2.05) is 75.4 Å². The van der Waals surface area contributed by atoms with Crippen molar-refractivity contribution in [2.24, 2.45) is 0 Å². The van der Waals surface area contributed by atoms with E-state index < -0.39 is 0 Å². The summed E-state index contributed by atoms with van der Waals surface area (Å²) in [6, 6.07) is 20.3. The lowest BCUT2D eigenvalue weighted by atomic mass is 10.1. The van der Waals surface area contributed by atoms with Gasteiger partial charge < -0.3 is 19.5 Å². The van der Waals surface area contributed by atoms with Crippen LogP contribution in [0.2, 0.25) is 0 Å². The number of thioether (sulfide) groups is 1. The first-order valence-electron chi connectivity index (χ1n) is 12.7. The Bertz CT molecular complexity index is 1390. The molecule has 4 rings (SSSR count). The Morgan fingerprint density at radius 3 is 2.41 bits per heavy atom. The van der Waals surface area contributed by atoms with Crippen LogP contribution in [0.25, 0.3) is 6.08 Å². The molecule has 7 nitrogen and oxygen atoms in total. The van der Waals surface area contributed by atoms with Crippen LogP contribution in [0.1, 0.15) is 31.9 Å². The summed E-state index contributed by atoms with van der Waals surface area (Å²) in [4.78, 5) is 27.7. The molecule has 202 valence electrons. The van der Waals surface area contributed by atoms with Gasteiger partial charge in [-0.2, -0.15) is 0 Å². The Hall–Kier alpha value is -3.82. The number of anilines is 2. The molecule has 1 fully saturated rings. The summed E-state index contributed by atoms with van der Waals surface area (Å²) in [5.41, 5.74) is 3.26. The van der Waals surface area contributed by atoms with Crippen LogP contribution in [-0.2, 0) is 16.0 Å². The maximum absolute atomic E-state index is 13.2. The number of benzene rings is 3. The van der Waals surface area contributed by atoms with Crippen LogP contribution >= 0.6 is 24.0 Å². The largest absolute Gasteiger partial charge is 0.494 e. The van der Waals surface area contributed by atoms with Crippen molar-refractivity contribution >= 4 is 57.6 Å². The first-order valence-corrected chi connectivity index (χ1v) is 13.9. The van der Waals surface area contributed by atoms with Gasteiger partial charge in [0, 0.05) is 5.69 Å². The molecule has 9 heteroatoms. The molecule has 0 radical (unpaired) electrons. The minimum Gasteiger partial charge on any atom is -0.494 e. The molecule has 1 aliphatic heterocycles. The van der Waals surface area contributed by atoms with Gasteiger partial charge in [-0.15, -0.1) is 0 Å². The van der Waals surface area contributed by atoms with Crippen molar-refractivity contribution in [1.82, 2.24) is 0 Å². The summed E-state index contributed by atoms with van der Waals surface area (Å²) < 4.78 is 17.5. The van der Waals surface area contributed by atoms with Crippen molar-refractivity contribution in [1.29, 1.82) is 0 Å². The molecule has 1 saturated heterocycles. The van der Waals surface area contributed by atoms with Crippen molar-refractivity contribution in [3.05, 3.63) is 82.8 Å². The number of hydrogen-bond acceptors (Lipinski definition) is 7. The van der Waals surface area contributed by atoms with Gasteiger partial charge in [-0.1, -0.05) is 55.2 Å². The number of rotatable bonds is 11. The van der Waals surface area contributed by atoms with Gasteiger partial charge in [0.1, 0.15) is 5.75 Å². The number of para-hydroxylation sites is 1. The topological polar surface area (TPSA) is 77.1 Å². The SMILES string of the molecule is CCOc1ccc(N2C(=O)/C(=C/c3ccc(OCC(=O)Nc4ccccc4CC)c(OCC)c3)SC2=S)cc1. The number of hydrogen-bond donors (Lipinski definition) is 1. The van der Waals surface area contributed by atoms with Crippen molar-refractivity contribution in [2.75, 3.05) is 30.0 Å². The van der Waals surface area contributed by atoms with Crippen LogP contribution in [0.4, 0.5) is 11.4 Å². The smallest absolute Gasteiger partial charge is 0.270 e. The minimum atomic E-state index is -0.264. The summed E-state index contributed by atoms with van der Waals surface area (Å²) in [6.45, 7) is 6.63. The second-order valence-electron chi connectivity index (χ2n) is 8.43. The highest BCUT2D eigenvalue weighted by molar-refractivity contribution is 8.27. The maximum Gasteiger partial charge on any atom is 0.270 e.